The summed E-state index contributed by atoms with van der Waals surface area (Å²) in [5.41, 5.74) is 6.34. The third-order valence-corrected chi connectivity index (χ3v) is 7.15. The van der Waals surface area contributed by atoms with Crippen LogP contribution in [0.1, 0.15) is 31.9 Å². The molecule has 1 aliphatic rings. The summed E-state index contributed by atoms with van der Waals surface area (Å²) in [6.45, 7) is 4.72. The van der Waals surface area contributed by atoms with Gasteiger partial charge in [-0.05, 0) is 38.5 Å². The van der Waals surface area contributed by atoms with E-state index in [1.807, 2.05) is 6.07 Å². The van der Waals surface area contributed by atoms with Crippen LogP contribution >= 0.6 is 0 Å². The molecular weight excluding hydrogens is 367 g/mol. The highest BCUT2D eigenvalue weighted by atomic mass is 32.2. The molecule has 1 aromatic heterocycles. The summed E-state index contributed by atoms with van der Waals surface area (Å²) in [5.74, 6) is -0.157. The van der Waals surface area contributed by atoms with Gasteiger partial charge in [0, 0.05) is 18.0 Å². The zero-order valence-electron chi connectivity index (χ0n) is 15.3. The normalized spacial score (nSPS) is 24.7. The van der Waals surface area contributed by atoms with Crippen LogP contribution in [0.25, 0.3) is 5.57 Å². The Bertz CT molecular complexity index is 1000. The van der Waals surface area contributed by atoms with E-state index < -0.39 is 20.1 Å². The van der Waals surface area contributed by atoms with E-state index in [1.54, 1.807) is 25.1 Å². The molecule has 0 aromatic carbocycles. The Morgan fingerprint density at radius 1 is 1.37 bits per heavy atom. The molecule has 2 rings (SSSR count). The molecule has 142 valence electrons. The Kier molecular flexibility index (Phi) is 5.66. The first kappa shape index (κ1) is 20.5. The molecule has 0 amide bonds. The number of pyridine rings is 1. The number of nitrogens with zero attached hydrogens (tertiary/aromatic N) is 3. The topological polar surface area (TPSA) is 109 Å². The number of rotatable bonds is 4. The van der Waals surface area contributed by atoms with E-state index in [0.717, 1.165) is 0 Å². The van der Waals surface area contributed by atoms with Crippen LogP contribution in [0.15, 0.2) is 54.1 Å². The number of amidine groups is 1. The van der Waals surface area contributed by atoms with E-state index in [2.05, 4.69) is 9.98 Å². The second kappa shape index (κ2) is 7.45. The molecule has 2 N–H and O–H groups in total. The lowest BCUT2D eigenvalue weighted by atomic mass is 9.99. The van der Waals surface area contributed by atoms with Crippen molar-refractivity contribution in [2.75, 3.05) is 5.75 Å². The molecule has 2 heterocycles. The molecule has 8 heteroatoms. The lowest BCUT2D eigenvalue weighted by molar-refractivity contribution is 0.540. The SMILES string of the molecule is CC1(C)C(N)=N[C@](C)(/C=C/C(=C\C=C\F)c2cncc(C#N)c2)CS1(=O)=O. The fraction of sp³-hybridized carbons (Fsp3) is 0.316. The van der Waals surface area contributed by atoms with Gasteiger partial charge < -0.3 is 5.73 Å². The van der Waals surface area contributed by atoms with E-state index in [0.29, 0.717) is 23.0 Å². The lowest BCUT2D eigenvalue weighted by Crippen LogP contribution is -2.55. The van der Waals surface area contributed by atoms with Gasteiger partial charge in [-0.2, -0.15) is 5.26 Å². The van der Waals surface area contributed by atoms with Crippen LogP contribution in [0.5, 0.6) is 0 Å². The van der Waals surface area contributed by atoms with Crippen molar-refractivity contribution < 1.29 is 12.8 Å². The van der Waals surface area contributed by atoms with Crippen LogP contribution in [0.4, 0.5) is 4.39 Å². The zero-order chi connectivity index (χ0) is 20.3. The fourth-order valence-corrected chi connectivity index (χ4v) is 4.22. The van der Waals surface area contributed by atoms with Gasteiger partial charge in [-0.15, -0.1) is 0 Å². The Balaban J connectivity index is 2.48. The Morgan fingerprint density at radius 2 is 2.07 bits per heavy atom. The summed E-state index contributed by atoms with van der Waals surface area (Å²) in [6.07, 6.45) is 9.25. The first-order valence-electron chi connectivity index (χ1n) is 8.14. The molecule has 0 radical (unpaired) electrons. The summed E-state index contributed by atoms with van der Waals surface area (Å²) < 4.78 is 36.4. The number of allylic oxidation sites excluding steroid dienone is 4. The monoisotopic (exact) mass is 388 g/mol. The first-order chi connectivity index (χ1) is 12.5. The molecule has 0 bridgehead atoms. The van der Waals surface area contributed by atoms with Crippen molar-refractivity contribution in [1.29, 1.82) is 5.26 Å². The minimum atomic E-state index is -3.51. The summed E-state index contributed by atoms with van der Waals surface area (Å²) in [5, 5.41) is 9.03. The Hall–Kier alpha value is -2.79. The number of aliphatic imine (C=N–C) groups is 1. The highest BCUT2D eigenvalue weighted by Crippen LogP contribution is 2.31. The van der Waals surface area contributed by atoms with Crippen molar-refractivity contribution in [3.8, 4) is 6.07 Å². The lowest BCUT2D eigenvalue weighted by Gasteiger charge is -2.36. The van der Waals surface area contributed by atoms with E-state index in [9.17, 15) is 12.8 Å². The average molecular weight is 388 g/mol. The zero-order valence-corrected chi connectivity index (χ0v) is 16.2. The van der Waals surface area contributed by atoms with Crippen molar-refractivity contribution in [3.63, 3.8) is 0 Å². The summed E-state index contributed by atoms with van der Waals surface area (Å²) in [4.78, 5) is 8.38. The molecule has 0 fully saturated rings. The maximum atomic E-state index is 12.6. The van der Waals surface area contributed by atoms with Crippen LogP contribution in [-0.4, -0.2) is 35.3 Å². The number of halogens is 1. The van der Waals surface area contributed by atoms with Gasteiger partial charge in [0.2, 0.25) is 0 Å². The summed E-state index contributed by atoms with van der Waals surface area (Å²) in [7, 11) is -3.51. The standard InChI is InChI=1S/C19H21FN4O2S/c1-18(2)17(22)24-19(3,13-27(18,25)26)7-6-15(5-4-8-20)16-9-14(10-21)11-23-12-16/h4-9,11-12H,13H2,1-3H3,(H2,22,24)/b7-6+,8-4+,15-5+/t19-/m1/s1. The van der Waals surface area contributed by atoms with Crippen LogP contribution in [0, 0.1) is 11.3 Å². The number of nitriles is 1. The largest absolute Gasteiger partial charge is 0.386 e. The first-order valence-corrected chi connectivity index (χ1v) is 9.80. The molecule has 6 nitrogen and oxygen atoms in total. The molecule has 0 aliphatic carbocycles. The van der Waals surface area contributed by atoms with Crippen LogP contribution in [0.2, 0.25) is 0 Å². The third kappa shape index (κ3) is 4.31. The van der Waals surface area contributed by atoms with Crippen LogP contribution in [-0.2, 0) is 9.84 Å². The van der Waals surface area contributed by atoms with Crippen molar-refractivity contribution in [3.05, 3.63) is 60.2 Å². The van der Waals surface area contributed by atoms with Gasteiger partial charge in [0.15, 0.2) is 9.84 Å². The van der Waals surface area contributed by atoms with Gasteiger partial charge in [0.25, 0.3) is 0 Å². The Labute approximate surface area is 158 Å². The van der Waals surface area contributed by atoms with Gasteiger partial charge in [-0.25, -0.2) is 12.8 Å². The predicted octanol–water partition coefficient (Wildman–Crippen LogP) is 2.70. The molecule has 1 aliphatic heterocycles. The maximum absolute atomic E-state index is 12.6. The van der Waals surface area contributed by atoms with Gasteiger partial charge in [0.05, 0.1) is 23.2 Å². The number of hydrogen-bond acceptors (Lipinski definition) is 6. The summed E-state index contributed by atoms with van der Waals surface area (Å²) >= 11 is 0. The number of nitrogens with two attached hydrogens (primary N) is 1. The van der Waals surface area contributed by atoms with E-state index in [-0.39, 0.29) is 11.6 Å². The highest BCUT2D eigenvalue weighted by Gasteiger charge is 2.47. The molecule has 0 unspecified atom stereocenters. The number of aromatic nitrogens is 1. The molecule has 0 saturated carbocycles. The maximum Gasteiger partial charge on any atom is 0.165 e. The van der Waals surface area contributed by atoms with E-state index in [1.165, 1.54) is 38.4 Å². The number of sulfone groups is 1. The minimum Gasteiger partial charge on any atom is -0.386 e. The molecule has 1 aromatic rings. The molecule has 0 saturated heterocycles. The molecule has 27 heavy (non-hydrogen) atoms. The third-order valence-electron chi connectivity index (χ3n) is 4.42. The van der Waals surface area contributed by atoms with E-state index >= 15 is 0 Å². The smallest absolute Gasteiger partial charge is 0.165 e. The van der Waals surface area contributed by atoms with Crippen LogP contribution in [0.3, 0.4) is 0 Å². The van der Waals surface area contributed by atoms with Gasteiger partial charge >= 0.3 is 0 Å². The minimum absolute atomic E-state index is 0.0447. The van der Waals surface area contributed by atoms with Crippen molar-refractivity contribution >= 4 is 21.2 Å². The van der Waals surface area contributed by atoms with E-state index in [4.69, 9.17) is 11.0 Å². The van der Waals surface area contributed by atoms with Crippen molar-refractivity contribution in [2.24, 2.45) is 10.7 Å². The van der Waals surface area contributed by atoms with Crippen molar-refractivity contribution in [1.82, 2.24) is 4.98 Å². The average Bonchev–Trinajstić information content (AvgIpc) is 2.60. The van der Waals surface area contributed by atoms with Gasteiger partial charge in [0.1, 0.15) is 16.7 Å². The second-order valence-electron chi connectivity index (χ2n) is 6.97. The Morgan fingerprint density at radius 3 is 2.67 bits per heavy atom. The highest BCUT2D eigenvalue weighted by molar-refractivity contribution is 7.93. The predicted molar refractivity (Wildman–Crippen MR) is 104 cm³/mol. The second-order valence-corrected chi connectivity index (χ2v) is 9.51. The molecule has 0 spiro atoms. The van der Waals surface area contributed by atoms with Gasteiger partial charge in [-0.3, -0.25) is 9.98 Å². The van der Waals surface area contributed by atoms with Crippen LogP contribution < -0.4 is 5.73 Å². The van der Waals surface area contributed by atoms with Gasteiger partial charge in [-0.1, -0.05) is 18.2 Å². The quantitative estimate of drug-likeness (QED) is 0.798. The fourth-order valence-electron chi connectivity index (χ4n) is 2.57. The summed E-state index contributed by atoms with van der Waals surface area (Å²) in [6, 6.07) is 3.60. The molecular formula is C19H21FN4O2S. The number of hydrogen-bond donors (Lipinski definition) is 1. The van der Waals surface area contributed by atoms with Crippen molar-refractivity contribution in [2.45, 2.75) is 31.1 Å². The molecule has 1 atom stereocenters.